The van der Waals surface area contributed by atoms with Crippen molar-refractivity contribution < 1.29 is 19.5 Å². The molecular formula is C17H18N4O5S. The summed E-state index contributed by atoms with van der Waals surface area (Å²) in [7, 11) is 0. The number of carboxylic acids is 1. The van der Waals surface area contributed by atoms with Gasteiger partial charge in [-0.2, -0.15) is 0 Å². The SMILES string of the molecule is CC[C@H](Sc1nc(NC(C)=O)c(NC(=O)c2ccccc2)c(=O)[nH]1)C(=O)O. The molecule has 0 unspecified atom stereocenters. The highest BCUT2D eigenvalue weighted by molar-refractivity contribution is 8.00. The summed E-state index contributed by atoms with van der Waals surface area (Å²) < 4.78 is 0. The molecule has 0 saturated heterocycles. The highest BCUT2D eigenvalue weighted by atomic mass is 32.2. The van der Waals surface area contributed by atoms with Crippen LogP contribution in [0.4, 0.5) is 11.5 Å². The largest absolute Gasteiger partial charge is 0.480 e. The summed E-state index contributed by atoms with van der Waals surface area (Å²) in [6.07, 6.45) is 0.311. The zero-order valence-corrected chi connectivity index (χ0v) is 15.4. The van der Waals surface area contributed by atoms with Crippen molar-refractivity contribution in [2.24, 2.45) is 0 Å². The summed E-state index contributed by atoms with van der Waals surface area (Å²) in [5, 5.41) is 13.2. The first-order chi connectivity index (χ1) is 12.8. The van der Waals surface area contributed by atoms with E-state index in [2.05, 4.69) is 20.6 Å². The molecule has 0 aliphatic carbocycles. The lowest BCUT2D eigenvalue weighted by molar-refractivity contribution is -0.136. The highest BCUT2D eigenvalue weighted by Gasteiger charge is 2.21. The summed E-state index contributed by atoms with van der Waals surface area (Å²) in [4.78, 5) is 53.9. The minimum absolute atomic E-state index is 0.0238. The van der Waals surface area contributed by atoms with Gasteiger partial charge in [-0.3, -0.25) is 24.2 Å². The first-order valence-electron chi connectivity index (χ1n) is 7.99. The van der Waals surface area contributed by atoms with Crippen LogP contribution in [0.3, 0.4) is 0 Å². The van der Waals surface area contributed by atoms with Gasteiger partial charge in [0.25, 0.3) is 11.5 Å². The van der Waals surface area contributed by atoms with Crippen molar-refractivity contribution in [2.75, 3.05) is 10.6 Å². The molecule has 1 atom stereocenters. The Morgan fingerprint density at radius 2 is 1.89 bits per heavy atom. The molecule has 0 aliphatic rings. The average Bonchev–Trinajstić information content (AvgIpc) is 2.62. The fourth-order valence-electron chi connectivity index (χ4n) is 2.10. The van der Waals surface area contributed by atoms with E-state index in [-0.39, 0.29) is 16.7 Å². The van der Waals surface area contributed by atoms with Crippen molar-refractivity contribution in [3.8, 4) is 0 Å². The van der Waals surface area contributed by atoms with Crippen LogP contribution in [-0.4, -0.2) is 38.1 Å². The molecule has 4 N–H and O–H groups in total. The molecule has 0 saturated carbocycles. The molecule has 0 radical (unpaired) electrons. The maximum Gasteiger partial charge on any atom is 0.317 e. The number of amides is 2. The molecule has 142 valence electrons. The standard InChI is InChI=1S/C17H18N4O5S/c1-3-11(16(25)26)27-17-20-13(18-9(2)22)12(15(24)21-17)19-14(23)10-7-5-4-6-8-10/h4-8,11H,3H2,1-2H3,(H,19,23)(H,25,26)(H2,18,20,21,22,24)/t11-/m0/s1. The molecule has 2 rings (SSSR count). The zero-order chi connectivity index (χ0) is 20.0. The van der Waals surface area contributed by atoms with Crippen molar-refractivity contribution in [3.05, 3.63) is 46.2 Å². The first kappa shape index (κ1) is 20.2. The maximum absolute atomic E-state index is 12.4. The highest BCUT2D eigenvalue weighted by Crippen LogP contribution is 2.25. The van der Waals surface area contributed by atoms with Gasteiger partial charge >= 0.3 is 5.97 Å². The number of anilines is 2. The quantitative estimate of drug-likeness (QED) is 0.418. The van der Waals surface area contributed by atoms with Crippen LogP contribution in [0.15, 0.2) is 40.3 Å². The predicted octanol–water partition coefficient (Wildman–Crippen LogP) is 1.94. The third kappa shape index (κ3) is 5.42. The monoisotopic (exact) mass is 390 g/mol. The first-order valence-corrected chi connectivity index (χ1v) is 8.87. The summed E-state index contributed by atoms with van der Waals surface area (Å²) in [6, 6.07) is 8.22. The molecule has 1 heterocycles. The lowest BCUT2D eigenvalue weighted by Gasteiger charge is -2.13. The van der Waals surface area contributed by atoms with E-state index < -0.39 is 28.6 Å². The minimum Gasteiger partial charge on any atom is -0.480 e. The number of aliphatic carboxylic acids is 1. The maximum atomic E-state index is 12.4. The lowest BCUT2D eigenvalue weighted by atomic mass is 10.2. The van der Waals surface area contributed by atoms with Gasteiger partial charge < -0.3 is 15.7 Å². The van der Waals surface area contributed by atoms with Crippen LogP contribution in [0.25, 0.3) is 0 Å². The smallest absolute Gasteiger partial charge is 0.317 e. The third-order valence-electron chi connectivity index (χ3n) is 3.37. The van der Waals surface area contributed by atoms with E-state index in [1.807, 2.05) is 0 Å². The van der Waals surface area contributed by atoms with Crippen LogP contribution in [0, 0.1) is 0 Å². The number of carboxylic acid groups (broad SMARTS) is 1. The molecule has 0 fully saturated rings. The number of aromatic nitrogens is 2. The van der Waals surface area contributed by atoms with Crippen molar-refractivity contribution in [2.45, 2.75) is 30.7 Å². The van der Waals surface area contributed by atoms with Gasteiger partial charge in [-0.05, 0) is 18.6 Å². The van der Waals surface area contributed by atoms with Gasteiger partial charge in [-0.15, -0.1) is 0 Å². The summed E-state index contributed by atoms with van der Waals surface area (Å²) >= 11 is 0.846. The Hall–Kier alpha value is -3.14. The number of rotatable bonds is 7. The number of carbonyl (C=O) groups excluding carboxylic acids is 2. The van der Waals surface area contributed by atoms with E-state index in [0.717, 1.165) is 11.8 Å². The van der Waals surface area contributed by atoms with Gasteiger partial charge in [-0.1, -0.05) is 36.9 Å². The fraction of sp³-hybridized carbons (Fsp3) is 0.235. The molecule has 0 spiro atoms. The molecule has 2 aromatic rings. The molecule has 27 heavy (non-hydrogen) atoms. The lowest BCUT2D eigenvalue weighted by Crippen LogP contribution is -2.25. The Bertz CT molecular complexity index is 913. The van der Waals surface area contributed by atoms with Crippen LogP contribution < -0.4 is 16.2 Å². The number of hydrogen-bond donors (Lipinski definition) is 4. The van der Waals surface area contributed by atoms with Crippen molar-refractivity contribution in [3.63, 3.8) is 0 Å². The van der Waals surface area contributed by atoms with E-state index in [4.69, 9.17) is 5.11 Å². The predicted molar refractivity (Wildman–Crippen MR) is 101 cm³/mol. The molecule has 2 amide bonds. The Kier molecular flexibility index (Phi) is 6.72. The van der Waals surface area contributed by atoms with Crippen LogP contribution in [0.5, 0.6) is 0 Å². The Morgan fingerprint density at radius 1 is 1.22 bits per heavy atom. The Morgan fingerprint density at radius 3 is 2.44 bits per heavy atom. The fourth-order valence-corrected chi connectivity index (χ4v) is 2.93. The number of thioether (sulfide) groups is 1. The molecular weight excluding hydrogens is 372 g/mol. The second-order valence-electron chi connectivity index (χ2n) is 5.45. The molecule has 0 aliphatic heterocycles. The Balaban J connectivity index is 2.38. The summed E-state index contributed by atoms with van der Waals surface area (Å²) in [5.74, 6) is -2.25. The molecule has 10 heteroatoms. The second-order valence-corrected chi connectivity index (χ2v) is 6.64. The van der Waals surface area contributed by atoms with Gasteiger partial charge in [-0.25, -0.2) is 4.98 Å². The second kappa shape index (κ2) is 8.99. The number of aromatic amines is 1. The zero-order valence-electron chi connectivity index (χ0n) is 14.6. The van der Waals surface area contributed by atoms with Crippen molar-refractivity contribution >= 4 is 41.1 Å². The van der Waals surface area contributed by atoms with Gasteiger partial charge in [0.05, 0.1) is 0 Å². The van der Waals surface area contributed by atoms with Gasteiger partial charge in [0.15, 0.2) is 16.7 Å². The number of benzene rings is 1. The van der Waals surface area contributed by atoms with E-state index in [0.29, 0.717) is 12.0 Å². The summed E-state index contributed by atoms with van der Waals surface area (Å²) in [6.45, 7) is 2.91. The van der Waals surface area contributed by atoms with Crippen LogP contribution in [0.1, 0.15) is 30.6 Å². The Labute approximate surface area is 158 Å². The average molecular weight is 390 g/mol. The van der Waals surface area contributed by atoms with Crippen LogP contribution in [-0.2, 0) is 9.59 Å². The van der Waals surface area contributed by atoms with E-state index in [1.165, 1.54) is 6.92 Å². The van der Waals surface area contributed by atoms with Gasteiger partial charge in [0.1, 0.15) is 5.25 Å². The van der Waals surface area contributed by atoms with Crippen LogP contribution >= 0.6 is 11.8 Å². The van der Waals surface area contributed by atoms with E-state index in [1.54, 1.807) is 37.3 Å². The number of carbonyl (C=O) groups is 3. The topological polar surface area (TPSA) is 141 Å². The van der Waals surface area contributed by atoms with E-state index in [9.17, 15) is 19.2 Å². The number of nitrogens with zero attached hydrogens (tertiary/aromatic N) is 1. The number of hydrogen-bond acceptors (Lipinski definition) is 6. The third-order valence-corrected chi connectivity index (χ3v) is 4.60. The number of H-pyrrole nitrogens is 1. The van der Waals surface area contributed by atoms with Crippen molar-refractivity contribution in [1.29, 1.82) is 0 Å². The minimum atomic E-state index is -1.05. The van der Waals surface area contributed by atoms with Gasteiger partial charge in [0.2, 0.25) is 5.91 Å². The van der Waals surface area contributed by atoms with Crippen molar-refractivity contribution in [1.82, 2.24) is 9.97 Å². The van der Waals surface area contributed by atoms with Gasteiger partial charge in [0, 0.05) is 12.5 Å². The number of nitrogens with one attached hydrogen (secondary N) is 3. The summed E-state index contributed by atoms with van der Waals surface area (Å²) in [5.41, 5.74) is -0.617. The van der Waals surface area contributed by atoms with Crippen LogP contribution in [0.2, 0.25) is 0 Å². The molecule has 9 nitrogen and oxygen atoms in total. The molecule has 1 aromatic carbocycles. The molecule has 1 aromatic heterocycles. The normalized spacial score (nSPS) is 11.5. The molecule has 0 bridgehead atoms. The van der Waals surface area contributed by atoms with E-state index >= 15 is 0 Å².